The lowest BCUT2D eigenvalue weighted by molar-refractivity contribution is 0.177. The minimum absolute atomic E-state index is 0.0906. The van der Waals surface area contributed by atoms with Crippen molar-refractivity contribution in [3.05, 3.63) is 90.4 Å². The van der Waals surface area contributed by atoms with E-state index in [9.17, 15) is 17.2 Å². The molecular weight excluding hydrogens is 536 g/mol. The summed E-state index contributed by atoms with van der Waals surface area (Å²) in [5.74, 6) is -1.28. The normalized spacial score (nSPS) is 14.9. The smallest absolute Gasteiger partial charge is 0.243 e. The van der Waals surface area contributed by atoms with E-state index in [-0.39, 0.29) is 16.9 Å². The Morgan fingerprint density at radius 3 is 2.35 bits per heavy atom. The summed E-state index contributed by atoms with van der Waals surface area (Å²) in [6.07, 6.45) is 4.97. The molecule has 40 heavy (non-hydrogen) atoms. The van der Waals surface area contributed by atoms with Gasteiger partial charge in [-0.15, -0.1) is 0 Å². The van der Waals surface area contributed by atoms with Gasteiger partial charge in [0, 0.05) is 48.6 Å². The quantitative estimate of drug-likeness (QED) is 0.298. The minimum Gasteiger partial charge on any atom is -0.353 e. The summed E-state index contributed by atoms with van der Waals surface area (Å²) in [5, 5.41) is 5.96. The predicted octanol–water partition coefficient (Wildman–Crippen LogP) is 4.87. The van der Waals surface area contributed by atoms with Crippen LogP contribution in [0.4, 0.5) is 31.9 Å². The van der Waals surface area contributed by atoms with Crippen molar-refractivity contribution in [2.24, 2.45) is 7.05 Å². The maximum absolute atomic E-state index is 13.9. The van der Waals surface area contributed by atoms with Crippen LogP contribution in [0.3, 0.4) is 0 Å². The van der Waals surface area contributed by atoms with Crippen molar-refractivity contribution < 1.29 is 17.2 Å². The Kier molecular flexibility index (Phi) is 8.10. The molecule has 1 fully saturated rings. The van der Waals surface area contributed by atoms with Gasteiger partial charge in [-0.3, -0.25) is 0 Å². The summed E-state index contributed by atoms with van der Waals surface area (Å²) >= 11 is 0. The lowest BCUT2D eigenvalue weighted by Gasteiger charge is -2.36. The molecule has 9 nitrogen and oxygen atoms in total. The van der Waals surface area contributed by atoms with Gasteiger partial charge in [0.05, 0.1) is 11.4 Å². The monoisotopic (exact) mass is 567 g/mol. The number of hydrogen-bond acceptors (Lipinski definition) is 7. The first-order valence-corrected chi connectivity index (χ1v) is 14.4. The van der Waals surface area contributed by atoms with Gasteiger partial charge >= 0.3 is 0 Å². The third-order valence-corrected chi connectivity index (χ3v) is 8.94. The number of benzene rings is 2. The fraction of sp³-hybridized carbons (Fsp3) is 0.286. The Hall–Kier alpha value is -3.87. The zero-order valence-electron chi connectivity index (χ0n) is 22.3. The molecule has 1 saturated heterocycles. The second kappa shape index (κ2) is 11.7. The number of likely N-dealkylation sites (tertiary alicyclic amines) is 1. The highest BCUT2D eigenvalue weighted by Gasteiger charge is 2.33. The lowest BCUT2D eigenvalue weighted by Crippen LogP contribution is -2.46. The van der Waals surface area contributed by atoms with Gasteiger partial charge in [-0.2, -0.15) is 9.29 Å². The fourth-order valence-corrected chi connectivity index (χ4v) is 6.36. The van der Waals surface area contributed by atoms with E-state index in [2.05, 4.69) is 32.5 Å². The van der Waals surface area contributed by atoms with Gasteiger partial charge in [0.2, 0.25) is 16.0 Å². The summed E-state index contributed by atoms with van der Waals surface area (Å²) < 4.78 is 58.1. The van der Waals surface area contributed by atoms with Gasteiger partial charge in [0.1, 0.15) is 5.82 Å². The lowest BCUT2D eigenvalue weighted by atomic mass is 10.1. The van der Waals surface area contributed by atoms with E-state index in [0.717, 1.165) is 43.8 Å². The summed E-state index contributed by atoms with van der Waals surface area (Å²) in [7, 11) is 0.195. The summed E-state index contributed by atoms with van der Waals surface area (Å²) in [6, 6.07) is 15.3. The van der Waals surface area contributed by atoms with Crippen molar-refractivity contribution in [3.63, 3.8) is 0 Å². The number of hydrogen-bond donors (Lipinski definition) is 2. The van der Waals surface area contributed by atoms with E-state index < -0.39 is 21.7 Å². The average Bonchev–Trinajstić information content (AvgIpc) is 3.35. The third-order valence-electron chi connectivity index (χ3n) is 7.03. The maximum atomic E-state index is 13.9. The molecule has 2 N–H and O–H groups in total. The molecule has 12 heteroatoms. The largest absolute Gasteiger partial charge is 0.353 e. The first-order chi connectivity index (χ1) is 19.2. The number of anilines is 4. The van der Waals surface area contributed by atoms with E-state index >= 15 is 0 Å². The Balaban J connectivity index is 1.32. The first-order valence-electron chi connectivity index (χ1n) is 12.9. The minimum atomic E-state index is -3.77. The van der Waals surface area contributed by atoms with Crippen LogP contribution in [0.15, 0.2) is 78.0 Å². The van der Waals surface area contributed by atoms with Crippen LogP contribution in [0.1, 0.15) is 18.5 Å². The Morgan fingerprint density at radius 2 is 1.68 bits per heavy atom. The Morgan fingerprint density at radius 1 is 0.950 bits per heavy atom. The predicted molar refractivity (Wildman–Crippen MR) is 150 cm³/mol. The van der Waals surface area contributed by atoms with Gasteiger partial charge in [0.15, 0.2) is 11.6 Å². The Labute approximate surface area is 232 Å². The number of aryl methyl sites for hydroxylation is 1. The van der Waals surface area contributed by atoms with Crippen molar-refractivity contribution >= 4 is 33.2 Å². The van der Waals surface area contributed by atoms with Crippen LogP contribution >= 0.6 is 0 Å². The molecule has 0 unspecified atom stereocenters. The van der Waals surface area contributed by atoms with E-state index in [4.69, 9.17) is 0 Å². The molecule has 0 amide bonds. The Bertz CT molecular complexity index is 1570. The maximum Gasteiger partial charge on any atom is 0.243 e. The van der Waals surface area contributed by atoms with Crippen LogP contribution in [0.5, 0.6) is 0 Å². The number of rotatable bonds is 9. The molecule has 210 valence electrons. The number of piperidine rings is 1. The van der Waals surface area contributed by atoms with Gasteiger partial charge in [-0.05, 0) is 87.6 Å². The summed E-state index contributed by atoms with van der Waals surface area (Å²) in [6.45, 7) is 1.99. The van der Waals surface area contributed by atoms with Crippen molar-refractivity contribution in [1.82, 2.24) is 23.7 Å². The molecular formula is C28H31F2N7O2S. The van der Waals surface area contributed by atoms with Gasteiger partial charge in [-0.25, -0.2) is 22.2 Å². The van der Waals surface area contributed by atoms with E-state index in [1.54, 1.807) is 34.6 Å². The molecule has 0 bridgehead atoms. The molecule has 0 saturated carbocycles. The van der Waals surface area contributed by atoms with Gasteiger partial charge < -0.3 is 20.1 Å². The SMILES string of the molecule is CN1CCC(N(Cc2cccn2C)S(=O)(=O)c2ccc(Nc3nccc(Nc4ccc(F)c(F)c4)n3)cc2)CC1. The summed E-state index contributed by atoms with van der Waals surface area (Å²) in [4.78, 5) is 11.0. The van der Waals surface area contributed by atoms with Crippen molar-refractivity contribution in [2.45, 2.75) is 30.3 Å². The number of nitrogens with one attached hydrogen (secondary N) is 2. The van der Waals surface area contributed by atoms with E-state index in [1.807, 2.05) is 29.9 Å². The third kappa shape index (κ3) is 6.30. The number of aromatic nitrogens is 3. The van der Waals surface area contributed by atoms with Crippen molar-refractivity contribution in [1.29, 1.82) is 0 Å². The van der Waals surface area contributed by atoms with Crippen LogP contribution in [0.25, 0.3) is 0 Å². The molecule has 1 aliphatic heterocycles. The molecule has 4 aromatic rings. The van der Waals surface area contributed by atoms with Crippen molar-refractivity contribution in [2.75, 3.05) is 30.8 Å². The molecule has 0 aliphatic carbocycles. The number of nitrogens with zero attached hydrogens (tertiary/aromatic N) is 5. The van der Waals surface area contributed by atoms with Crippen molar-refractivity contribution in [3.8, 4) is 0 Å². The first kappa shape index (κ1) is 27.7. The topological polar surface area (TPSA) is 95.4 Å². The standard InChI is InChI=1S/C28H31F2N7O2S/c1-35-16-12-22(13-17-35)37(19-23-4-3-15-36(23)2)40(38,39)24-8-5-20(6-9-24)33-28-31-14-11-27(34-28)32-21-7-10-25(29)26(30)18-21/h3-11,14-15,18,22H,12-13,16-17,19H2,1-2H3,(H2,31,32,33,34). The number of halogens is 2. The molecule has 0 atom stereocenters. The van der Waals surface area contributed by atoms with Crippen LogP contribution in [-0.4, -0.2) is 58.3 Å². The van der Waals surface area contributed by atoms with Crippen LogP contribution in [0.2, 0.25) is 0 Å². The number of sulfonamides is 1. The molecule has 5 rings (SSSR count). The molecule has 0 radical (unpaired) electrons. The zero-order valence-corrected chi connectivity index (χ0v) is 23.1. The molecule has 2 aromatic heterocycles. The van der Waals surface area contributed by atoms with E-state index in [1.165, 1.54) is 12.3 Å². The second-order valence-corrected chi connectivity index (χ2v) is 11.8. The average molecular weight is 568 g/mol. The highest BCUT2D eigenvalue weighted by atomic mass is 32.2. The molecule has 2 aromatic carbocycles. The highest BCUT2D eigenvalue weighted by molar-refractivity contribution is 7.89. The van der Waals surface area contributed by atoms with Gasteiger partial charge in [-0.1, -0.05) is 0 Å². The van der Waals surface area contributed by atoms with Gasteiger partial charge in [0.25, 0.3) is 0 Å². The molecule has 3 heterocycles. The molecule has 1 aliphatic rings. The highest BCUT2D eigenvalue weighted by Crippen LogP contribution is 2.28. The van der Waals surface area contributed by atoms with E-state index in [0.29, 0.717) is 23.7 Å². The zero-order chi connectivity index (χ0) is 28.3. The van der Waals surface area contributed by atoms with Crippen LogP contribution in [0, 0.1) is 11.6 Å². The summed E-state index contributed by atoms with van der Waals surface area (Å²) in [5.41, 5.74) is 1.86. The van der Waals surface area contributed by atoms with Crippen LogP contribution < -0.4 is 10.6 Å². The van der Waals surface area contributed by atoms with Crippen LogP contribution in [-0.2, 0) is 23.6 Å². The fourth-order valence-electron chi connectivity index (χ4n) is 4.70. The molecule has 0 spiro atoms. The second-order valence-electron chi connectivity index (χ2n) is 9.86.